The monoisotopic (exact) mass is 366 g/mol. The maximum Gasteiger partial charge on any atom is 0.408 e. The van der Waals surface area contributed by atoms with Crippen molar-refractivity contribution in [1.82, 2.24) is 10.3 Å². The summed E-state index contributed by atoms with van der Waals surface area (Å²) in [5, 5.41) is 3.63. The van der Waals surface area contributed by atoms with Gasteiger partial charge in [0, 0.05) is 23.5 Å². The molecule has 140 valence electrons. The van der Waals surface area contributed by atoms with E-state index in [9.17, 15) is 9.59 Å². The number of fused-ring (bicyclic) bond motifs is 1. The zero-order valence-corrected chi connectivity index (χ0v) is 15.1. The minimum atomic E-state index is -0.826. The molecule has 0 aliphatic rings. The van der Waals surface area contributed by atoms with E-state index in [1.54, 1.807) is 6.92 Å². The summed E-state index contributed by atoms with van der Waals surface area (Å²) in [6.45, 7) is 2.10. The highest BCUT2D eigenvalue weighted by molar-refractivity contribution is 5.86. The number of carbonyl (C=O) groups excluding carboxylic acids is 2. The van der Waals surface area contributed by atoms with Crippen LogP contribution in [0.4, 0.5) is 4.79 Å². The maximum absolute atomic E-state index is 12.3. The van der Waals surface area contributed by atoms with Gasteiger partial charge in [0.2, 0.25) is 0 Å². The number of esters is 1. The van der Waals surface area contributed by atoms with Crippen LogP contribution in [0.1, 0.15) is 18.1 Å². The molecule has 0 radical (unpaired) electrons. The van der Waals surface area contributed by atoms with Crippen molar-refractivity contribution in [3.05, 3.63) is 71.9 Å². The third-order valence-electron chi connectivity index (χ3n) is 4.17. The number of hydrogen-bond donors (Lipinski definition) is 2. The maximum atomic E-state index is 12.3. The van der Waals surface area contributed by atoms with Crippen molar-refractivity contribution in [3.8, 4) is 0 Å². The van der Waals surface area contributed by atoms with Gasteiger partial charge in [-0.3, -0.25) is 0 Å². The lowest BCUT2D eigenvalue weighted by atomic mass is 10.1. The Morgan fingerprint density at radius 1 is 1.04 bits per heavy atom. The summed E-state index contributed by atoms with van der Waals surface area (Å²) in [7, 11) is 0. The zero-order valence-electron chi connectivity index (χ0n) is 15.1. The molecule has 0 saturated carbocycles. The van der Waals surface area contributed by atoms with E-state index in [-0.39, 0.29) is 13.2 Å². The Kier molecular flexibility index (Phi) is 6.10. The number of nitrogens with one attached hydrogen (secondary N) is 2. The molecule has 1 amide bonds. The van der Waals surface area contributed by atoms with E-state index in [1.807, 2.05) is 60.8 Å². The van der Waals surface area contributed by atoms with Gasteiger partial charge in [-0.25, -0.2) is 9.59 Å². The highest BCUT2D eigenvalue weighted by Gasteiger charge is 2.24. The fraction of sp³-hybridized carbons (Fsp3) is 0.238. The Morgan fingerprint density at radius 2 is 1.78 bits per heavy atom. The molecule has 6 heteroatoms. The predicted molar refractivity (Wildman–Crippen MR) is 102 cm³/mol. The third kappa shape index (κ3) is 4.88. The first-order valence-corrected chi connectivity index (χ1v) is 8.86. The molecule has 1 aromatic heterocycles. The van der Waals surface area contributed by atoms with E-state index < -0.39 is 18.1 Å². The quantitative estimate of drug-likeness (QED) is 0.627. The molecule has 1 unspecified atom stereocenters. The molecule has 2 N–H and O–H groups in total. The Bertz CT molecular complexity index is 905. The van der Waals surface area contributed by atoms with Gasteiger partial charge in [-0.15, -0.1) is 0 Å². The van der Waals surface area contributed by atoms with Crippen LogP contribution in [0, 0.1) is 0 Å². The lowest BCUT2D eigenvalue weighted by Gasteiger charge is -2.17. The minimum Gasteiger partial charge on any atom is -0.464 e. The van der Waals surface area contributed by atoms with Gasteiger partial charge in [-0.2, -0.15) is 0 Å². The van der Waals surface area contributed by atoms with Gasteiger partial charge in [0.25, 0.3) is 0 Å². The van der Waals surface area contributed by atoms with Crippen LogP contribution >= 0.6 is 0 Å². The van der Waals surface area contributed by atoms with E-state index >= 15 is 0 Å². The van der Waals surface area contributed by atoms with E-state index in [1.165, 1.54) is 0 Å². The van der Waals surface area contributed by atoms with E-state index in [0.717, 1.165) is 22.0 Å². The summed E-state index contributed by atoms with van der Waals surface area (Å²) in [4.78, 5) is 27.7. The van der Waals surface area contributed by atoms with Crippen LogP contribution in [0.15, 0.2) is 60.8 Å². The molecule has 3 rings (SSSR count). The van der Waals surface area contributed by atoms with E-state index in [2.05, 4.69) is 10.3 Å². The number of aromatic nitrogens is 1. The second-order valence-electron chi connectivity index (χ2n) is 6.07. The molecule has 2 aromatic carbocycles. The van der Waals surface area contributed by atoms with Crippen LogP contribution in [0.2, 0.25) is 0 Å². The molecule has 3 aromatic rings. The topological polar surface area (TPSA) is 80.4 Å². The van der Waals surface area contributed by atoms with E-state index in [4.69, 9.17) is 9.47 Å². The summed E-state index contributed by atoms with van der Waals surface area (Å²) in [6, 6.07) is 16.3. The van der Waals surface area contributed by atoms with Crippen molar-refractivity contribution in [2.45, 2.75) is 26.0 Å². The Morgan fingerprint density at radius 3 is 2.56 bits per heavy atom. The van der Waals surface area contributed by atoms with Crippen molar-refractivity contribution in [3.63, 3.8) is 0 Å². The summed E-state index contributed by atoms with van der Waals surface area (Å²) < 4.78 is 10.3. The summed E-state index contributed by atoms with van der Waals surface area (Å²) in [5.74, 6) is -0.487. The molecule has 0 saturated heterocycles. The van der Waals surface area contributed by atoms with Gasteiger partial charge in [0.15, 0.2) is 0 Å². The third-order valence-corrected chi connectivity index (χ3v) is 4.17. The van der Waals surface area contributed by atoms with Crippen LogP contribution < -0.4 is 5.32 Å². The molecule has 0 bridgehead atoms. The molecule has 0 aliphatic heterocycles. The van der Waals surface area contributed by atoms with Crippen molar-refractivity contribution in [2.24, 2.45) is 0 Å². The standard InChI is InChI=1S/C21H22N2O4/c1-2-26-20(24)19(12-16-13-22-18-11-7-6-10-17(16)18)23-21(25)27-14-15-8-4-3-5-9-15/h3-11,13,19,22H,2,12,14H2,1H3,(H,23,25). The lowest BCUT2D eigenvalue weighted by molar-refractivity contribution is -0.145. The second-order valence-corrected chi connectivity index (χ2v) is 6.07. The average Bonchev–Trinajstić information content (AvgIpc) is 3.10. The van der Waals surface area contributed by atoms with Crippen molar-refractivity contribution in [1.29, 1.82) is 0 Å². The minimum absolute atomic E-state index is 0.134. The van der Waals surface area contributed by atoms with Gasteiger partial charge >= 0.3 is 12.1 Å². The highest BCUT2D eigenvalue weighted by Crippen LogP contribution is 2.19. The smallest absolute Gasteiger partial charge is 0.408 e. The van der Waals surface area contributed by atoms with Gasteiger partial charge in [0.05, 0.1) is 6.61 Å². The number of aromatic amines is 1. The number of carbonyl (C=O) groups is 2. The normalized spacial score (nSPS) is 11.7. The summed E-state index contributed by atoms with van der Waals surface area (Å²) in [6.07, 6.45) is 1.49. The van der Waals surface area contributed by atoms with Gasteiger partial charge in [0.1, 0.15) is 12.6 Å². The lowest BCUT2D eigenvalue weighted by Crippen LogP contribution is -2.43. The molecule has 0 spiro atoms. The van der Waals surface area contributed by atoms with Crippen molar-refractivity contribution in [2.75, 3.05) is 6.61 Å². The zero-order chi connectivity index (χ0) is 19.1. The number of rotatable bonds is 7. The van der Waals surface area contributed by atoms with E-state index in [0.29, 0.717) is 6.42 Å². The number of alkyl carbamates (subject to hydrolysis) is 1. The molecule has 6 nitrogen and oxygen atoms in total. The molecule has 1 atom stereocenters. The molecular weight excluding hydrogens is 344 g/mol. The van der Waals surface area contributed by atoms with Gasteiger partial charge in [-0.1, -0.05) is 48.5 Å². The molecule has 27 heavy (non-hydrogen) atoms. The fourth-order valence-electron chi connectivity index (χ4n) is 2.86. The molecule has 0 aliphatic carbocycles. The molecule has 1 heterocycles. The van der Waals surface area contributed by atoms with Crippen LogP contribution in [-0.4, -0.2) is 29.7 Å². The largest absolute Gasteiger partial charge is 0.464 e. The first kappa shape index (κ1) is 18.5. The van der Waals surface area contributed by atoms with Crippen LogP contribution in [-0.2, 0) is 27.3 Å². The molecular formula is C21H22N2O4. The van der Waals surface area contributed by atoms with Crippen molar-refractivity contribution < 1.29 is 19.1 Å². The number of amides is 1. The first-order valence-electron chi connectivity index (χ1n) is 8.86. The Balaban J connectivity index is 1.67. The summed E-state index contributed by atoms with van der Waals surface area (Å²) in [5.41, 5.74) is 2.77. The van der Waals surface area contributed by atoms with Crippen LogP contribution in [0.5, 0.6) is 0 Å². The summed E-state index contributed by atoms with van der Waals surface area (Å²) >= 11 is 0. The fourth-order valence-corrected chi connectivity index (χ4v) is 2.86. The number of para-hydroxylation sites is 1. The number of ether oxygens (including phenoxy) is 2. The second kappa shape index (κ2) is 8.89. The number of benzene rings is 2. The number of H-pyrrole nitrogens is 1. The predicted octanol–water partition coefficient (Wildman–Crippen LogP) is 3.57. The highest BCUT2D eigenvalue weighted by atomic mass is 16.6. The van der Waals surface area contributed by atoms with Gasteiger partial charge < -0.3 is 19.8 Å². The van der Waals surface area contributed by atoms with Crippen molar-refractivity contribution >= 4 is 23.0 Å². The SMILES string of the molecule is CCOC(=O)C(Cc1c[nH]c2ccccc12)NC(=O)OCc1ccccc1. The first-order chi connectivity index (χ1) is 13.2. The molecule has 0 fully saturated rings. The Labute approximate surface area is 157 Å². The number of hydrogen-bond acceptors (Lipinski definition) is 4. The van der Waals surface area contributed by atoms with Crippen LogP contribution in [0.25, 0.3) is 10.9 Å². The average molecular weight is 366 g/mol. The van der Waals surface area contributed by atoms with Crippen LogP contribution in [0.3, 0.4) is 0 Å². The van der Waals surface area contributed by atoms with Gasteiger partial charge in [-0.05, 0) is 24.1 Å². The Hall–Kier alpha value is -3.28.